The highest BCUT2D eigenvalue weighted by molar-refractivity contribution is 5.87. The summed E-state index contributed by atoms with van der Waals surface area (Å²) < 4.78 is 5.55. The molecule has 26 heavy (non-hydrogen) atoms. The van der Waals surface area contributed by atoms with Crippen LogP contribution in [0.1, 0.15) is 19.3 Å². The van der Waals surface area contributed by atoms with Gasteiger partial charge in [0.15, 0.2) is 5.58 Å². The second-order valence-corrected chi connectivity index (χ2v) is 7.64. The van der Waals surface area contributed by atoms with E-state index in [0.717, 1.165) is 49.0 Å². The van der Waals surface area contributed by atoms with E-state index in [4.69, 9.17) is 4.42 Å². The number of anilines is 1. The van der Waals surface area contributed by atoms with Gasteiger partial charge in [0.1, 0.15) is 6.04 Å². The summed E-state index contributed by atoms with van der Waals surface area (Å²) >= 11 is 0. The van der Waals surface area contributed by atoms with Crippen molar-refractivity contribution in [1.82, 2.24) is 14.8 Å². The van der Waals surface area contributed by atoms with Crippen LogP contribution in [0, 0.1) is 17.2 Å². The molecule has 0 aromatic carbocycles. The fourth-order valence-corrected chi connectivity index (χ4v) is 4.51. The molecule has 7 heteroatoms. The molecule has 2 aliphatic heterocycles. The van der Waals surface area contributed by atoms with Crippen LogP contribution < -0.4 is 5.32 Å². The van der Waals surface area contributed by atoms with Crippen molar-refractivity contribution in [1.29, 1.82) is 5.26 Å². The number of furan rings is 1. The number of fused-ring (bicyclic) bond motifs is 2. The molecule has 3 fully saturated rings. The monoisotopic (exact) mass is 351 g/mol. The number of hydrogen-bond donors (Lipinski definition) is 1. The molecule has 5 rings (SSSR count). The predicted octanol–water partition coefficient (Wildman–Crippen LogP) is 1.83. The summed E-state index contributed by atoms with van der Waals surface area (Å²) in [5.74, 6) is 0.676. The molecule has 1 N–H and O–H groups in total. The van der Waals surface area contributed by atoms with Gasteiger partial charge in [0.25, 0.3) is 0 Å². The highest BCUT2D eigenvalue weighted by Crippen LogP contribution is 2.47. The summed E-state index contributed by atoms with van der Waals surface area (Å²) in [6.07, 6.45) is 8.15. The standard InChI is InChI=1S/C19H21N5O2/c20-7-15-5-13-6-17(13)24(15)18(25)11-23-3-1-14(10-23)22-16-9-21-8-12-2-4-26-19(12)16/h2,4,8-9,13-15,17,22H,1,3,5-6,10-11H2/t13-,14?,15+,17+/m1/s1. The molecule has 2 aromatic heterocycles. The van der Waals surface area contributed by atoms with Gasteiger partial charge in [-0.2, -0.15) is 5.26 Å². The zero-order valence-corrected chi connectivity index (χ0v) is 14.5. The third-order valence-corrected chi connectivity index (χ3v) is 5.89. The minimum atomic E-state index is -0.217. The Kier molecular flexibility index (Phi) is 3.61. The Morgan fingerprint density at radius 3 is 3.23 bits per heavy atom. The Bertz CT molecular complexity index is 887. The molecule has 1 amide bonds. The van der Waals surface area contributed by atoms with Crippen molar-refractivity contribution in [3.63, 3.8) is 0 Å². The van der Waals surface area contributed by atoms with Gasteiger partial charge in [-0.05, 0) is 31.2 Å². The molecule has 0 bridgehead atoms. The van der Waals surface area contributed by atoms with Crippen molar-refractivity contribution < 1.29 is 9.21 Å². The molecule has 1 unspecified atom stereocenters. The van der Waals surface area contributed by atoms with E-state index in [1.165, 1.54) is 0 Å². The zero-order chi connectivity index (χ0) is 17.7. The van der Waals surface area contributed by atoms with Crippen LogP contribution >= 0.6 is 0 Å². The molecule has 4 heterocycles. The summed E-state index contributed by atoms with van der Waals surface area (Å²) in [5, 5.41) is 13.8. The first-order chi connectivity index (χ1) is 12.7. The molecule has 134 valence electrons. The maximum absolute atomic E-state index is 12.7. The number of amides is 1. The highest BCUT2D eigenvalue weighted by atomic mass is 16.3. The van der Waals surface area contributed by atoms with E-state index in [2.05, 4.69) is 21.3 Å². The molecular formula is C19H21N5O2. The Labute approximate surface area is 151 Å². The molecule has 3 aliphatic rings. The first-order valence-corrected chi connectivity index (χ1v) is 9.24. The quantitative estimate of drug-likeness (QED) is 0.904. The van der Waals surface area contributed by atoms with Crippen LogP contribution in [0.25, 0.3) is 11.0 Å². The SMILES string of the molecule is N#C[C@@H]1C[C@@H]2C[C@@H]2N1C(=O)CN1CCC(Nc2cncc3ccoc23)C1. The summed E-state index contributed by atoms with van der Waals surface area (Å²) in [5.41, 5.74) is 1.72. The van der Waals surface area contributed by atoms with Gasteiger partial charge in [0.05, 0.1) is 30.8 Å². The normalized spacial score (nSPS) is 30.3. The Morgan fingerprint density at radius 2 is 2.35 bits per heavy atom. The molecule has 2 saturated heterocycles. The summed E-state index contributed by atoms with van der Waals surface area (Å²) in [7, 11) is 0. The van der Waals surface area contributed by atoms with Gasteiger partial charge in [-0.1, -0.05) is 0 Å². The van der Waals surface area contributed by atoms with Crippen molar-refractivity contribution in [2.24, 2.45) is 5.92 Å². The lowest BCUT2D eigenvalue weighted by molar-refractivity contribution is -0.133. The first-order valence-electron chi connectivity index (χ1n) is 9.24. The Hall–Kier alpha value is -2.59. The second-order valence-electron chi connectivity index (χ2n) is 7.64. The average molecular weight is 351 g/mol. The molecule has 4 atom stereocenters. The molecular weight excluding hydrogens is 330 g/mol. The van der Waals surface area contributed by atoms with Crippen LogP contribution in [0.15, 0.2) is 29.1 Å². The van der Waals surface area contributed by atoms with E-state index in [1.807, 2.05) is 11.0 Å². The van der Waals surface area contributed by atoms with Gasteiger partial charge in [0.2, 0.25) is 5.91 Å². The number of pyridine rings is 1. The Morgan fingerprint density at radius 1 is 1.42 bits per heavy atom. The molecule has 1 saturated carbocycles. The number of likely N-dealkylation sites (tertiary alicyclic amines) is 2. The van der Waals surface area contributed by atoms with E-state index in [1.54, 1.807) is 18.7 Å². The largest absolute Gasteiger partial charge is 0.462 e. The van der Waals surface area contributed by atoms with Gasteiger partial charge in [-0.3, -0.25) is 14.7 Å². The van der Waals surface area contributed by atoms with E-state index >= 15 is 0 Å². The average Bonchev–Trinajstić information content (AvgIpc) is 3.04. The number of hydrogen-bond acceptors (Lipinski definition) is 6. The van der Waals surface area contributed by atoms with Crippen LogP contribution in [0.4, 0.5) is 5.69 Å². The van der Waals surface area contributed by atoms with Gasteiger partial charge < -0.3 is 14.6 Å². The lowest BCUT2D eigenvalue weighted by atomic mass is 10.2. The zero-order valence-electron chi connectivity index (χ0n) is 14.5. The second kappa shape index (κ2) is 5.99. The third-order valence-electron chi connectivity index (χ3n) is 5.89. The lowest BCUT2D eigenvalue weighted by Crippen LogP contribution is -2.44. The number of nitriles is 1. The van der Waals surface area contributed by atoms with Gasteiger partial charge in [0, 0.05) is 36.8 Å². The van der Waals surface area contributed by atoms with Crippen LogP contribution in [0.5, 0.6) is 0 Å². The highest BCUT2D eigenvalue weighted by Gasteiger charge is 2.54. The number of carbonyl (C=O) groups excluding carboxylic acids is 1. The van der Waals surface area contributed by atoms with Crippen LogP contribution in [-0.2, 0) is 4.79 Å². The van der Waals surface area contributed by atoms with Crippen LogP contribution in [0.2, 0.25) is 0 Å². The number of piperidine rings is 1. The van der Waals surface area contributed by atoms with Gasteiger partial charge in [-0.25, -0.2) is 0 Å². The van der Waals surface area contributed by atoms with E-state index in [-0.39, 0.29) is 18.0 Å². The number of aromatic nitrogens is 1. The minimum absolute atomic E-state index is 0.108. The maximum Gasteiger partial charge on any atom is 0.238 e. The Balaban J connectivity index is 1.20. The number of nitrogens with one attached hydrogen (secondary N) is 1. The van der Waals surface area contributed by atoms with E-state index < -0.39 is 0 Å². The summed E-state index contributed by atoms with van der Waals surface area (Å²) in [6.45, 7) is 2.09. The van der Waals surface area contributed by atoms with E-state index in [0.29, 0.717) is 18.5 Å². The summed E-state index contributed by atoms with van der Waals surface area (Å²) in [6, 6.07) is 4.57. The number of rotatable bonds is 4. The molecule has 1 aliphatic carbocycles. The van der Waals surface area contributed by atoms with Gasteiger partial charge >= 0.3 is 0 Å². The number of nitrogens with zero attached hydrogens (tertiary/aromatic N) is 4. The summed E-state index contributed by atoms with van der Waals surface area (Å²) in [4.78, 5) is 21.0. The van der Waals surface area contributed by atoms with Crippen molar-refractivity contribution in [3.8, 4) is 6.07 Å². The smallest absolute Gasteiger partial charge is 0.238 e. The predicted molar refractivity (Wildman–Crippen MR) is 95.2 cm³/mol. The topological polar surface area (TPSA) is 85.4 Å². The van der Waals surface area contributed by atoms with Gasteiger partial charge in [-0.15, -0.1) is 0 Å². The molecule has 7 nitrogen and oxygen atoms in total. The fourth-order valence-electron chi connectivity index (χ4n) is 4.51. The molecule has 0 radical (unpaired) electrons. The lowest BCUT2D eigenvalue weighted by Gasteiger charge is -2.25. The van der Waals surface area contributed by atoms with Crippen LogP contribution in [-0.4, -0.2) is 58.5 Å². The van der Waals surface area contributed by atoms with Crippen molar-refractivity contribution in [2.75, 3.05) is 25.0 Å². The maximum atomic E-state index is 12.7. The number of carbonyl (C=O) groups is 1. The first kappa shape index (κ1) is 15.6. The van der Waals surface area contributed by atoms with E-state index in [9.17, 15) is 10.1 Å². The molecule has 2 aromatic rings. The fraction of sp³-hybridized carbons (Fsp3) is 0.526. The van der Waals surface area contributed by atoms with Crippen molar-refractivity contribution in [3.05, 3.63) is 24.7 Å². The third kappa shape index (κ3) is 2.61. The molecule has 0 spiro atoms. The van der Waals surface area contributed by atoms with Crippen LogP contribution in [0.3, 0.4) is 0 Å². The minimum Gasteiger partial charge on any atom is -0.462 e. The van der Waals surface area contributed by atoms with Crippen molar-refractivity contribution >= 4 is 22.6 Å². The van der Waals surface area contributed by atoms with Crippen molar-refractivity contribution in [2.45, 2.75) is 37.4 Å².